The lowest BCUT2D eigenvalue weighted by Gasteiger charge is -2.34. The number of para-hydroxylation sites is 1. The maximum absolute atomic E-state index is 12.5. The van der Waals surface area contributed by atoms with E-state index in [-0.39, 0.29) is 17.2 Å². The van der Waals surface area contributed by atoms with E-state index in [0.717, 1.165) is 0 Å². The Morgan fingerprint density at radius 3 is 2.35 bits per heavy atom. The first-order chi connectivity index (χ1) is 11.2. The van der Waals surface area contributed by atoms with Crippen molar-refractivity contribution < 1.29 is 9.72 Å². The molecule has 1 aliphatic rings. The SMILES string of the molecule is O=C(c1ccccc1[N+](=O)[O-])N1CCN(c2ncccn2)CC1. The fraction of sp³-hybridized carbons (Fsp3) is 0.267. The zero-order chi connectivity index (χ0) is 16.2. The number of nitrogens with zero attached hydrogens (tertiary/aromatic N) is 5. The summed E-state index contributed by atoms with van der Waals surface area (Å²) in [5.41, 5.74) is -0.0340. The van der Waals surface area contributed by atoms with Crippen LogP contribution in [0.25, 0.3) is 0 Å². The number of nitro benzene ring substituents is 1. The molecule has 1 saturated heterocycles. The Balaban J connectivity index is 1.71. The summed E-state index contributed by atoms with van der Waals surface area (Å²) < 4.78 is 0. The highest BCUT2D eigenvalue weighted by Gasteiger charge is 2.27. The molecule has 0 atom stereocenters. The van der Waals surface area contributed by atoms with Crippen LogP contribution in [-0.4, -0.2) is 51.9 Å². The van der Waals surface area contributed by atoms with Gasteiger partial charge < -0.3 is 9.80 Å². The predicted molar refractivity (Wildman–Crippen MR) is 83.2 cm³/mol. The van der Waals surface area contributed by atoms with Gasteiger partial charge >= 0.3 is 0 Å². The average molecular weight is 313 g/mol. The van der Waals surface area contributed by atoms with Crippen LogP contribution in [0.4, 0.5) is 11.6 Å². The van der Waals surface area contributed by atoms with E-state index < -0.39 is 4.92 Å². The molecule has 0 spiro atoms. The lowest BCUT2D eigenvalue weighted by Crippen LogP contribution is -2.49. The second-order valence-electron chi connectivity index (χ2n) is 5.10. The van der Waals surface area contributed by atoms with Crippen LogP contribution in [0, 0.1) is 10.1 Å². The van der Waals surface area contributed by atoms with Crippen molar-refractivity contribution in [1.82, 2.24) is 14.9 Å². The topological polar surface area (TPSA) is 92.5 Å². The Bertz CT molecular complexity index is 714. The first kappa shape index (κ1) is 14.9. The van der Waals surface area contributed by atoms with Gasteiger partial charge in [0, 0.05) is 44.6 Å². The standard InChI is InChI=1S/C15H15N5O3/c21-14(12-4-1-2-5-13(12)20(22)23)18-8-10-19(11-9-18)15-16-6-3-7-17-15/h1-7H,8-11H2. The Labute approximate surface area is 132 Å². The molecule has 1 amide bonds. The van der Waals surface area contributed by atoms with Crippen molar-refractivity contribution in [3.8, 4) is 0 Å². The van der Waals surface area contributed by atoms with Crippen LogP contribution in [0.5, 0.6) is 0 Å². The Morgan fingerprint density at radius 1 is 1.04 bits per heavy atom. The number of aromatic nitrogens is 2. The minimum absolute atomic E-state index is 0.127. The van der Waals surface area contributed by atoms with Crippen LogP contribution in [0.1, 0.15) is 10.4 Å². The highest BCUT2D eigenvalue weighted by molar-refractivity contribution is 5.98. The Hall–Kier alpha value is -3.03. The average Bonchev–Trinajstić information content (AvgIpc) is 2.62. The zero-order valence-corrected chi connectivity index (χ0v) is 12.3. The number of hydrogen-bond donors (Lipinski definition) is 0. The number of carbonyl (C=O) groups is 1. The Kier molecular flexibility index (Phi) is 4.13. The molecule has 1 fully saturated rings. The highest BCUT2D eigenvalue weighted by atomic mass is 16.6. The second kappa shape index (κ2) is 6.39. The molecule has 8 nitrogen and oxygen atoms in total. The molecule has 0 unspecified atom stereocenters. The molecule has 118 valence electrons. The van der Waals surface area contributed by atoms with Crippen molar-refractivity contribution >= 4 is 17.5 Å². The summed E-state index contributed by atoms with van der Waals surface area (Å²) >= 11 is 0. The van der Waals surface area contributed by atoms with Crippen molar-refractivity contribution in [3.63, 3.8) is 0 Å². The van der Waals surface area contributed by atoms with Crippen LogP contribution in [0.3, 0.4) is 0 Å². The molecule has 0 radical (unpaired) electrons. The van der Waals surface area contributed by atoms with E-state index in [1.54, 1.807) is 35.5 Å². The van der Waals surface area contributed by atoms with Gasteiger partial charge in [0.1, 0.15) is 5.56 Å². The van der Waals surface area contributed by atoms with E-state index in [0.29, 0.717) is 32.1 Å². The molecule has 2 aromatic rings. The molecule has 8 heteroatoms. The van der Waals surface area contributed by atoms with Gasteiger partial charge in [-0.05, 0) is 12.1 Å². The third kappa shape index (κ3) is 3.10. The summed E-state index contributed by atoms with van der Waals surface area (Å²) in [4.78, 5) is 35.1. The molecule has 23 heavy (non-hydrogen) atoms. The van der Waals surface area contributed by atoms with Gasteiger partial charge in [0.2, 0.25) is 5.95 Å². The second-order valence-corrected chi connectivity index (χ2v) is 5.10. The third-order valence-electron chi connectivity index (χ3n) is 3.73. The fourth-order valence-electron chi connectivity index (χ4n) is 2.55. The lowest BCUT2D eigenvalue weighted by molar-refractivity contribution is -0.385. The van der Waals surface area contributed by atoms with Crippen molar-refractivity contribution in [3.05, 3.63) is 58.4 Å². The van der Waals surface area contributed by atoms with Gasteiger partial charge in [0.05, 0.1) is 4.92 Å². The van der Waals surface area contributed by atoms with E-state index >= 15 is 0 Å². The number of anilines is 1. The number of nitro groups is 1. The quantitative estimate of drug-likeness (QED) is 0.627. The molecule has 0 saturated carbocycles. The number of amides is 1. The number of piperazine rings is 1. The van der Waals surface area contributed by atoms with Crippen LogP contribution in [0.2, 0.25) is 0 Å². The van der Waals surface area contributed by atoms with E-state index in [1.165, 1.54) is 12.1 Å². The number of carbonyl (C=O) groups excluding carboxylic acids is 1. The third-order valence-corrected chi connectivity index (χ3v) is 3.73. The summed E-state index contributed by atoms with van der Waals surface area (Å²) in [5.74, 6) is 0.316. The smallest absolute Gasteiger partial charge is 0.282 e. The first-order valence-electron chi connectivity index (χ1n) is 7.21. The van der Waals surface area contributed by atoms with Crippen LogP contribution >= 0.6 is 0 Å². The molecule has 0 bridgehead atoms. The molecule has 0 N–H and O–H groups in total. The molecular formula is C15H15N5O3. The maximum Gasteiger partial charge on any atom is 0.282 e. The molecule has 1 aliphatic heterocycles. The Morgan fingerprint density at radius 2 is 1.70 bits per heavy atom. The highest BCUT2D eigenvalue weighted by Crippen LogP contribution is 2.20. The zero-order valence-electron chi connectivity index (χ0n) is 12.3. The number of hydrogen-bond acceptors (Lipinski definition) is 6. The molecule has 0 aliphatic carbocycles. The summed E-state index contributed by atoms with van der Waals surface area (Å²) in [6.45, 7) is 2.14. The molecule has 1 aromatic heterocycles. The van der Waals surface area contributed by atoms with Crippen molar-refractivity contribution in [2.24, 2.45) is 0 Å². The van der Waals surface area contributed by atoms with Crippen LogP contribution < -0.4 is 4.90 Å². The molecule has 3 rings (SSSR count). The van der Waals surface area contributed by atoms with Gasteiger partial charge in [-0.15, -0.1) is 0 Å². The van der Waals surface area contributed by atoms with Gasteiger partial charge in [-0.25, -0.2) is 9.97 Å². The van der Waals surface area contributed by atoms with Gasteiger partial charge in [-0.1, -0.05) is 12.1 Å². The van der Waals surface area contributed by atoms with Crippen molar-refractivity contribution in [2.45, 2.75) is 0 Å². The largest absolute Gasteiger partial charge is 0.337 e. The number of benzene rings is 1. The van der Waals surface area contributed by atoms with Gasteiger partial charge in [0.15, 0.2) is 0 Å². The fourth-order valence-corrected chi connectivity index (χ4v) is 2.55. The minimum Gasteiger partial charge on any atom is -0.337 e. The van der Waals surface area contributed by atoms with Crippen LogP contribution in [0.15, 0.2) is 42.7 Å². The summed E-state index contributed by atoms with van der Waals surface area (Å²) in [6, 6.07) is 7.78. The first-order valence-corrected chi connectivity index (χ1v) is 7.21. The summed E-state index contributed by atoms with van der Waals surface area (Å²) in [5, 5.41) is 11.1. The minimum atomic E-state index is -0.526. The molecular weight excluding hydrogens is 298 g/mol. The van der Waals surface area contributed by atoms with E-state index in [2.05, 4.69) is 9.97 Å². The summed E-state index contributed by atoms with van der Waals surface area (Å²) in [6.07, 6.45) is 3.35. The number of rotatable bonds is 3. The van der Waals surface area contributed by atoms with E-state index in [1.807, 2.05) is 4.90 Å². The van der Waals surface area contributed by atoms with E-state index in [9.17, 15) is 14.9 Å². The molecule has 1 aromatic carbocycles. The van der Waals surface area contributed by atoms with Crippen molar-refractivity contribution in [2.75, 3.05) is 31.1 Å². The summed E-state index contributed by atoms with van der Waals surface area (Å²) in [7, 11) is 0. The normalized spacial score (nSPS) is 14.6. The van der Waals surface area contributed by atoms with Gasteiger partial charge in [-0.3, -0.25) is 14.9 Å². The van der Waals surface area contributed by atoms with E-state index in [4.69, 9.17) is 0 Å². The monoisotopic (exact) mass is 313 g/mol. The van der Waals surface area contributed by atoms with Crippen LogP contribution in [-0.2, 0) is 0 Å². The van der Waals surface area contributed by atoms with Gasteiger partial charge in [-0.2, -0.15) is 0 Å². The lowest BCUT2D eigenvalue weighted by atomic mass is 10.1. The predicted octanol–water partition coefficient (Wildman–Crippen LogP) is 1.35. The van der Waals surface area contributed by atoms with Gasteiger partial charge in [0.25, 0.3) is 11.6 Å². The maximum atomic E-state index is 12.5. The van der Waals surface area contributed by atoms with Crippen molar-refractivity contribution in [1.29, 1.82) is 0 Å². The molecule has 2 heterocycles.